The van der Waals surface area contributed by atoms with Gasteiger partial charge in [-0.1, -0.05) is 0 Å². The summed E-state index contributed by atoms with van der Waals surface area (Å²) >= 11 is 0. The second kappa shape index (κ2) is 14.7. The lowest BCUT2D eigenvalue weighted by molar-refractivity contribution is 0.0624. The van der Waals surface area contributed by atoms with E-state index in [9.17, 15) is 18.9 Å². The van der Waals surface area contributed by atoms with Crippen LogP contribution in [0.2, 0.25) is 0 Å². The predicted molar refractivity (Wildman–Crippen MR) is 178 cm³/mol. The smallest absolute Gasteiger partial charge is 0.444 e. The molecular weight excluding hydrogens is 629 g/mol. The Hall–Kier alpha value is -4.90. The number of nitrogens with one attached hydrogen (secondary N) is 3. The van der Waals surface area contributed by atoms with E-state index in [1.54, 1.807) is 62.3 Å². The molecule has 0 unspecified atom stereocenters. The molecule has 0 aliphatic heterocycles. The summed E-state index contributed by atoms with van der Waals surface area (Å²) in [5.41, 5.74) is -0.814. The van der Waals surface area contributed by atoms with Gasteiger partial charge in [-0.25, -0.2) is 14.4 Å². The highest BCUT2D eigenvalue weighted by molar-refractivity contribution is 7.49. The van der Waals surface area contributed by atoms with Crippen molar-refractivity contribution in [3.05, 3.63) is 72.8 Å². The first kappa shape index (κ1) is 36.6. The number of amides is 3. The van der Waals surface area contributed by atoms with Crippen molar-refractivity contribution in [3.8, 4) is 17.2 Å². The molecular formula is C33H42N3O10P. The largest absolute Gasteiger partial charge is 0.647 e. The molecule has 0 bridgehead atoms. The third-order valence-electron chi connectivity index (χ3n) is 5.15. The van der Waals surface area contributed by atoms with Gasteiger partial charge in [0.05, 0.1) is 0 Å². The van der Waals surface area contributed by atoms with Crippen LogP contribution in [0, 0.1) is 0 Å². The molecule has 47 heavy (non-hydrogen) atoms. The summed E-state index contributed by atoms with van der Waals surface area (Å²) in [6, 6.07) is 18.0. The van der Waals surface area contributed by atoms with Gasteiger partial charge in [0.15, 0.2) is 0 Å². The van der Waals surface area contributed by atoms with Crippen molar-refractivity contribution in [1.29, 1.82) is 0 Å². The van der Waals surface area contributed by atoms with E-state index in [0.29, 0.717) is 17.1 Å². The molecule has 3 aromatic carbocycles. The van der Waals surface area contributed by atoms with E-state index in [4.69, 9.17) is 27.8 Å². The van der Waals surface area contributed by atoms with Crippen molar-refractivity contribution < 1.29 is 46.7 Å². The van der Waals surface area contributed by atoms with Crippen molar-refractivity contribution in [2.45, 2.75) is 79.1 Å². The maximum atomic E-state index is 14.0. The van der Waals surface area contributed by atoms with Crippen LogP contribution < -0.4 is 29.5 Å². The van der Waals surface area contributed by atoms with Crippen LogP contribution in [0.5, 0.6) is 17.2 Å². The quantitative estimate of drug-likeness (QED) is 0.148. The zero-order valence-electron chi connectivity index (χ0n) is 28.0. The minimum absolute atomic E-state index is 0.106. The Morgan fingerprint density at radius 2 is 0.660 bits per heavy atom. The van der Waals surface area contributed by atoms with Crippen molar-refractivity contribution in [2.24, 2.45) is 0 Å². The molecule has 14 heteroatoms. The molecule has 0 fully saturated rings. The second-order valence-electron chi connectivity index (χ2n) is 13.2. The Kier molecular flexibility index (Phi) is 11.4. The summed E-state index contributed by atoms with van der Waals surface area (Å²) in [4.78, 5) is 36.4. The van der Waals surface area contributed by atoms with Gasteiger partial charge in [0.2, 0.25) is 0 Å². The summed E-state index contributed by atoms with van der Waals surface area (Å²) in [6.45, 7) is 15.7. The molecule has 3 amide bonds. The first-order valence-electron chi connectivity index (χ1n) is 14.6. The Morgan fingerprint density at radius 1 is 0.447 bits per heavy atom. The molecule has 0 radical (unpaired) electrons. The van der Waals surface area contributed by atoms with Crippen LogP contribution in [0.3, 0.4) is 0 Å². The number of rotatable bonds is 9. The van der Waals surface area contributed by atoms with E-state index >= 15 is 0 Å². The van der Waals surface area contributed by atoms with Gasteiger partial charge < -0.3 is 27.8 Å². The number of carbonyl (C=O) groups is 3. The minimum Gasteiger partial charge on any atom is -0.444 e. The monoisotopic (exact) mass is 671 g/mol. The summed E-state index contributed by atoms with van der Waals surface area (Å²) in [5.74, 6) is 0.318. The number of benzene rings is 3. The third kappa shape index (κ3) is 14.0. The van der Waals surface area contributed by atoms with Gasteiger partial charge in [-0.15, -0.1) is 0 Å². The average molecular weight is 672 g/mol. The van der Waals surface area contributed by atoms with E-state index in [1.807, 2.05) is 0 Å². The van der Waals surface area contributed by atoms with E-state index in [1.165, 1.54) is 72.8 Å². The first-order valence-corrected chi connectivity index (χ1v) is 16.1. The van der Waals surface area contributed by atoms with Gasteiger partial charge in [0.25, 0.3) is 0 Å². The van der Waals surface area contributed by atoms with E-state index in [0.717, 1.165) is 0 Å². The third-order valence-corrected chi connectivity index (χ3v) is 6.45. The fraction of sp³-hybridized carbons (Fsp3) is 0.364. The van der Waals surface area contributed by atoms with Gasteiger partial charge >= 0.3 is 26.1 Å². The van der Waals surface area contributed by atoms with Crippen molar-refractivity contribution in [3.63, 3.8) is 0 Å². The Bertz CT molecular complexity index is 1380. The van der Waals surface area contributed by atoms with Gasteiger partial charge in [-0.2, -0.15) is 4.57 Å². The zero-order valence-corrected chi connectivity index (χ0v) is 28.9. The number of hydrogen-bond acceptors (Lipinski definition) is 10. The Labute approximate surface area is 274 Å². The van der Waals surface area contributed by atoms with Gasteiger partial charge in [-0.05, 0) is 135 Å². The molecule has 0 aliphatic rings. The molecule has 3 N–H and O–H groups in total. The Morgan fingerprint density at radius 3 is 0.851 bits per heavy atom. The van der Waals surface area contributed by atoms with Crippen LogP contribution in [0.15, 0.2) is 72.8 Å². The molecule has 0 saturated heterocycles. The highest BCUT2D eigenvalue weighted by Crippen LogP contribution is 2.50. The lowest BCUT2D eigenvalue weighted by atomic mass is 10.2. The van der Waals surface area contributed by atoms with Crippen molar-refractivity contribution in [1.82, 2.24) is 0 Å². The summed E-state index contributed by atoms with van der Waals surface area (Å²) in [5, 5.41) is 7.81. The van der Waals surface area contributed by atoms with Crippen LogP contribution in [0.4, 0.5) is 31.4 Å². The fourth-order valence-corrected chi connectivity index (χ4v) is 4.76. The average Bonchev–Trinajstić information content (AvgIpc) is 2.89. The number of carbonyl (C=O) groups excluding carboxylic acids is 3. The molecule has 13 nitrogen and oxygen atoms in total. The van der Waals surface area contributed by atoms with Gasteiger partial charge in [-0.3, -0.25) is 16.0 Å². The van der Waals surface area contributed by atoms with Crippen LogP contribution in [-0.2, 0) is 18.8 Å². The number of ether oxygens (including phenoxy) is 3. The number of phosphoric acid groups is 1. The maximum absolute atomic E-state index is 14.0. The Balaban J connectivity index is 1.79. The molecule has 3 rings (SSSR count). The normalized spacial score (nSPS) is 11.9. The molecule has 0 saturated carbocycles. The van der Waals surface area contributed by atoms with Crippen LogP contribution >= 0.6 is 7.82 Å². The van der Waals surface area contributed by atoms with Crippen molar-refractivity contribution in [2.75, 3.05) is 16.0 Å². The van der Waals surface area contributed by atoms with E-state index in [2.05, 4.69) is 16.0 Å². The second-order valence-corrected chi connectivity index (χ2v) is 14.6. The zero-order chi connectivity index (χ0) is 35.0. The molecule has 254 valence electrons. The molecule has 0 atom stereocenters. The highest BCUT2D eigenvalue weighted by Gasteiger charge is 2.33. The van der Waals surface area contributed by atoms with Crippen LogP contribution in [0.25, 0.3) is 0 Å². The van der Waals surface area contributed by atoms with Gasteiger partial charge in [0.1, 0.15) is 34.1 Å². The lowest BCUT2D eigenvalue weighted by Gasteiger charge is -2.21. The van der Waals surface area contributed by atoms with E-state index in [-0.39, 0.29) is 17.2 Å². The lowest BCUT2D eigenvalue weighted by Crippen LogP contribution is -2.27. The number of phosphoric ester groups is 1. The van der Waals surface area contributed by atoms with Crippen molar-refractivity contribution >= 4 is 43.2 Å². The number of anilines is 3. The van der Waals surface area contributed by atoms with Crippen LogP contribution in [0.1, 0.15) is 62.3 Å². The predicted octanol–water partition coefficient (Wildman–Crippen LogP) is 9.37. The van der Waals surface area contributed by atoms with Crippen LogP contribution in [-0.4, -0.2) is 35.1 Å². The standard InChI is InChI=1S/C33H42N3O10P/c1-31(2,3)41-28(37)34-22-10-16-25(17-11-22)44-47(40,45-26-18-12-23(13-19-26)35-29(38)42-32(4,5)6)46-27-20-14-24(15-21-27)36-30(39)43-33(7,8)9/h10-21H,1-9H3,(H,34,37)(H,35,38)(H,36,39). The topological polar surface area (TPSA) is 160 Å². The summed E-state index contributed by atoms with van der Waals surface area (Å²) < 4.78 is 47.0. The van der Waals surface area contributed by atoms with E-state index < -0.39 is 42.9 Å². The fourth-order valence-electron chi connectivity index (χ4n) is 3.50. The molecule has 0 heterocycles. The molecule has 3 aromatic rings. The maximum Gasteiger partial charge on any atom is 0.647 e. The number of hydrogen-bond donors (Lipinski definition) is 3. The minimum atomic E-state index is -4.43. The molecule has 0 aromatic heterocycles. The SMILES string of the molecule is CC(C)(C)OC(=O)Nc1ccc(OP(=O)(Oc2ccc(NC(=O)OC(C)(C)C)cc2)Oc2ccc(NC(=O)OC(C)(C)C)cc2)cc1. The molecule has 0 aliphatic carbocycles. The van der Waals surface area contributed by atoms with Gasteiger partial charge in [0, 0.05) is 17.1 Å². The first-order chi connectivity index (χ1) is 21.7. The summed E-state index contributed by atoms with van der Waals surface area (Å²) in [7, 11) is -4.43. The highest BCUT2D eigenvalue weighted by atomic mass is 31.2. The summed E-state index contributed by atoms with van der Waals surface area (Å²) in [6.07, 6.45) is -1.92. The molecule has 0 spiro atoms.